The van der Waals surface area contributed by atoms with Gasteiger partial charge in [0.1, 0.15) is 0 Å². The van der Waals surface area contributed by atoms with Crippen LogP contribution in [-0.4, -0.2) is 28.7 Å². The predicted octanol–water partition coefficient (Wildman–Crippen LogP) is -0.0558. The van der Waals surface area contributed by atoms with Crippen molar-refractivity contribution in [3.05, 3.63) is 22.7 Å². The van der Waals surface area contributed by atoms with Crippen LogP contribution in [0, 0.1) is 0 Å². The highest BCUT2D eigenvalue weighted by Gasteiger charge is 2.14. The Hall–Kier alpha value is -1.36. The van der Waals surface area contributed by atoms with Gasteiger partial charge in [0, 0.05) is 25.5 Å². The minimum absolute atomic E-state index is 0.0592. The van der Waals surface area contributed by atoms with Crippen LogP contribution in [0.2, 0.25) is 0 Å². The van der Waals surface area contributed by atoms with Crippen LogP contribution >= 0.6 is 0 Å². The summed E-state index contributed by atoms with van der Waals surface area (Å²) >= 11 is 0. The second-order valence-electron chi connectivity index (χ2n) is 3.86. The van der Waals surface area contributed by atoms with Crippen molar-refractivity contribution in [2.24, 2.45) is 7.05 Å². The molecule has 0 aromatic carbocycles. The van der Waals surface area contributed by atoms with E-state index in [4.69, 9.17) is 0 Å². The van der Waals surface area contributed by atoms with Crippen LogP contribution in [0.5, 0.6) is 0 Å². The van der Waals surface area contributed by atoms with Gasteiger partial charge in [-0.1, -0.05) is 0 Å². The fourth-order valence-corrected chi connectivity index (χ4v) is 1.76. The Morgan fingerprint density at radius 3 is 3.00 bits per heavy atom. The Balaban J connectivity index is 2.09. The molecule has 0 bridgehead atoms. The summed E-state index contributed by atoms with van der Waals surface area (Å²) in [7, 11) is 1.73. The fraction of sp³-hybridized carbons (Fsp3) is 0.600. The number of aryl methyl sites for hydroxylation is 1. The number of rotatable bonds is 2. The van der Waals surface area contributed by atoms with Crippen molar-refractivity contribution in [1.29, 1.82) is 0 Å². The lowest BCUT2D eigenvalue weighted by Crippen LogP contribution is -2.37. The van der Waals surface area contributed by atoms with Gasteiger partial charge in [-0.2, -0.15) is 0 Å². The molecule has 2 heterocycles. The summed E-state index contributed by atoms with van der Waals surface area (Å²) < 4.78 is 1.54. The lowest BCUT2D eigenvalue weighted by Gasteiger charge is -2.23. The van der Waals surface area contributed by atoms with Crippen LogP contribution in [0.25, 0.3) is 0 Å². The largest absolute Gasteiger partial charge is 0.363 e. The minimum Gasteiger partial charge on any atom is -0.363 e. The first-order valence-electron chi connectivity index (χ1n) is 5.26. The number of piperidine rings is 1. The van der Waals surface area contributed by atoms with Gasteiger partial charge < -0.3 is 15.2 Å². The molecule has 1 aromatic rings. The van der Waals surface area contributed by atoms with Gasteiger partial charge in [0.25, 0.3) is 5.56 Å². The maximum Gasteiger partial charge on any atom is 0.293 e. The van der Waals surface area contributed by atoms with Crippen molar-refractivity contribution in [1.82, 2.24) is 14.9 Å². The average molecular weight is 208 g/mol. The number of anilines is 1. The Labute approximate surface area is 88.5 Å². The molecule has 1 fully saturated rings. The van der Waals surface area contributed by atoms with Crippen LogP contribution in [0.15, 0.2) is 17.2 Å². The van der Waals surface area contributed by atoms with Crippen LogP contribution in [0.4, 0.5) is 5.82 Å². The van der Waals surface area contributed by atoms with Gasteiger partial charge in [0.15, 0.2) is 5.82 Å². The zero-order valence-corrected chi connectivity index (χ0v) is 8.86. The molecular formula is C10H16N4O. The molecule has 5 nitrogen and oxygen atoms in total. The number of hydrogen-bond acceptors (Lipinski definition) is 4. The van der Waals surface area contributed by atoms with Crippen molar-refractivity contribution in [3.63, 3.8) is 0 Å². The van der Waals surface area contributed by atoms with Crippen LogP contribution in [0.1, 0.15) is 12.8 Å². The molecule has 15 heavy (non-hydrogen) atoms. The second-order valence-corrected chi connectivity index (χ2v) is 3.86. The summed E-state index contributed by atoms with van der Waals surface area (Å²) in [5.41, 5.74) is -0.0592. The average Bonchev–Trinajstić information content (AvgIpc) is 2.26. The first kappa shape index (κ1) is 10.2. The summed E-state index contributed by atoms with van der Waals surface area (Å²) in [5.74, 6) is 0.465. The molecule has 82 valence electrons. The Kier molecular flexibility index (Phi) is 3.01. The highest BCUT2D eigenvalue weighted by molar-refractivity contribution is 5.32. The number of nitrogens with one attached hydrogen (secondary N) is 2. The molecule has 1 saturated heterocycles. The second kappa shape index (κ2) is 4.44. The normalized spacial score (nSPS) is 17.7. The van der Waals surface area contributed by atoms with E-state index in [1.165, 1.54) is 4.57 Å². The van der Waals surface area contributed by atoms with Crippen LogP contribution in [-0.2, 0) is 7.05 Å². The molecule has 1 aliphatic rings. The summed E-state index contributed by atoms with van der Waals surface area (Å²) in [4.78, 5) is 15.7. The predicted molar refractivity (Wildman–Crippen MR) is 59.0 cm³/mol. The molecule has 0 atom stereocenters. The Morgan fingerprint density at radius 1 is 1.53 bits per heavy atom. The van der Waals surface area contributed by atoms with Gasteiger partial charge in [-0.3, -0.25) is 4.79 Å². The van der Waals surface area contributed by atoms with Gasteiger partial charge in [-0.05, 0) is 25.9 Å². The van der Waals surface area contributed by atoms with E-state index in [1.807, 2.05) is 0 Å². The molecule has 0 unspecified atom stereocenters. The van der Waals surface area contributed by atoms with E-state index in [0.717, 1.165) is 25.9 Å². The first-order chi connectivity index (χ1) is 7.27. The minimum atomic E-state index is -0.0592. The summed E-state index contributed by atoms with van der Waals surface area (Å²) in [6.07, 6.45) is 5.39. The molecule has 0 spiro atoms. The number of aromatic nitrogens is 2. The Bertz CT molecular complexity index is 381. The van der Waals surface area contributed by atoms with E-state index >= 15 is 0 Å². The van der Waals surface area contributed by atoms with E-state index in [0.29, 0.717) is 11.9 Å². The van der Waals surface area contributed by atoms with Crippen molar-refractivity contribution < 1.29 is 0 Å². The molecule has 2 N–H and O–H groups in total. The molecular weight excluding hydrogens is 192 g/mol. The molecule has 1 aromatic heterocycles. The monoisotopic (exact) mass is 208 g/mol. The topological polar surface area (TPSA) is 59.0 Å². The summed E-state index contributed by atoms with van der Waals surface area (Å²) in [5, 5.41) is 6.49. The van der Waals surface area contributed by atoms with E-state index < -0.39 is 0 Å². The van der Waals surface area contributed by atoms with Gasteiger partial charge >= 0.3 is 0 Å². The third-order valence-corrected chi connectivity index (χ3v) is 2.70. The third kappa shape index (κ3) is 2.36. The zero-order valence-electron chi connectivity index (χ0n) is 8.86. The molecule has 0 amide bonds. The molecule has 0 saturated carbocycles. The lowest BCUT2D eigenvalue weighted by atomic mass is 10.1. The maximum absolute atomic E-state index is 11.7. The first-order valence-corrected chi connectivity index (χ1v) is 5.26. The van der Waals surface area contributed by atoms with Crippen LogP contribution < -0.4 is 16.2 Å². The van der Waals surface area contributed by atoms with E-state index in [9.17, 15) is 4.79 Å². The fourth-order valence-electron chi connectivity index (χ4n) is 1.76. The smallest absolute Gasteiger partial charge is 0.293 e. The highest BCUT2D eigenvalue weighted by Crippen LogP contribution is 2.07. The standard InChI is InChI=1S/C10H16N4O/c1-14-7-6-12-9(10(14)15)13-8-2-4-11-5-3-8/h6-8,11H,2-5H2,1H3,(H,12,13). The van der Waals surface area contributed by atoms with Gasteiger partial charge in [0.2, 0.25) is 0 Å². The number of nitrogens with zero attached hydrogens (tertiary/aromatic N) is 2. The zero-order chi connectivity index (χ0) is 10.7. The summed E-state index contributed by atoms with van der Waals surface area (Å²) in [6, 6.07) is 0.369. The summed E-state index contributed by atoms with van der Waals surface area (Å²) in [6.45, 7) is 2.01. The maximum atomic E-state index is 11.7. The lowest BCUT2D eigenvalue weighted by molar-refractivity contribution is 0.477. The van der Waals surface area contributed by atoms with Crippen LogP contribution in [0.3, 0.4) is 0 Å². The SMILES string of the molecule is Cn1ccnc(NC2CCNCC2)c1=O. The van der Waals surface area contributed by atoms with E-state index in [2.05, 4.69) is 15.6 Å². The van der Waals surface area contributed by atoms with Gasteiger partial charge in [-0.25, -0.2) is 4.98 Å². The van der Waals surface area contributed by atoms with Gasteiger partial charge in [-0.15, -0.1) is 0 Å². The van der Waals surface area contributed by atoms with Crippen molar-refractivity contribution in [3.8, 4) is 0 Å². The quantitative estimate of drug-likeness (QED) is 0.715. The number of hydrogen-bond donors (Lipinski definition) is 2. The Morgan fingerprint density at radius 2 is 2.27 bits per heavy atom. The molecule has 0 aliphatic carbocycles. The third-order valence-electron chi connectivity index (χ3n) is 2.70. The molecule has 1 aliphatic heterocycles. The molecule has 2 rings (SSSR count). The molecule has 0 radical (unpaired) electrons. The van der Waals surface area contributed by atoms with Crippen molar-refractivity contribution in [2.45, 2.75) is 18.9 Å². The van der Waals surface area contributed by atoms with Gasteiger partial charge in [0.05, 0.1) is 0 Å². The van der Waals surface area contributed by atoms with E-state index in [-0.39, 0.29) is 5.56 Å². The highest BCUT2D eigenvalue weighted by atomic mass is 16.1. The van der Waals surface area contributed by atoms with E-state index in [1.54, 1.807) is 19.4 Å². The van der Waals surface area contributed by atoms with Crippen molar-refractivity contribution in [2.75, 3.05) is 18.4 Å². The van der Waals surface area contributed by atoms with Crippen molar-refractivity contribution >= 4 is 5.82 Å². The molecule has 5 heteroatoms.